The van der Waals surface area contributed by atoms with Gasteiger partial charge in [0.15, 0.2) is 0 Å². The Hall–Kier alpha value is -1.19. The van der Waals surface area contributed by atoms with Crippen LogP contribution in [0.4, 0.5) is 0 Å². The highest BCUT2D eigenvalue weighted by molar-refractivity contribution is 7.85. The molecule has 8 nitrogen and oxygen atoms in total. The number of hydrogen-bond acceptors (Lipinski definition) is 5. The van der Waals surface area contributed by atoms with Crippen LogP contribution in [0.25, 0.3) is 0 Å². The van der Waals surface area contributed by atoms with E-state index in [1.54, 1.807) is 0 Å². The maximum absolute atomic E-state index is 11.7. The predicted octanol–water partition coefficient (Wildman–Crippen LogP) is 0.597. The zero-order chi connectivity index (χ0) is 17.2. The summed E-state index contributed by atoms with van der Waals surface area (Å²) in [5.41, 5.74) is 0. The van der Waals surface area contributed by atoms with Crippen LogP contribution < -0.4 is 10.6 Å². The van der Waals surface area contributed by atoms with Crippen molar-refractivity contribution in [2.75, 3.05) is 12.4 Å². The van der Waals surface area contributed by atoms with Crippen molar-refractivity contribution >= 4 is 22.0 Å². The van der Waals surface area contributed by atoms with Crippen LogP contribution in [0.5, 0.6) is 0 Å². The molecule has 22 heavy (non-hydrogen) atoms. The number of carboxylic acids is 1. The van der Waals surface area contributed by atoms with Crippen molar-refractivity contribution in [1.82, 2.24) is 10.6 Å². The summed E-state index contributed by atoms with van der Waals surface area (Å²) in [6, 6.07) is -1.08. The van der Waals surface area contributed by atoms with Gasteiger partial charge in [0.1, 0.15) is 11.9 Å². The molecule has 0 aliphatic heterocycles. The molecule has 0 aliphatic rings. The molecule has 0 saturated heterocycles. The highest BCUT2D eigenvalue weighted by atomic mass is 32.2. The van der Waals surface area contributed by atoms with Crippen LogP contribution in [0.3, 0.4) is 0 Å². The van der Waals surface area contributed by atoms with Crippen LogP contribution in [0.1, 0.15) is 46.0 Å². The number of carbonyl (C=O) groups excluding carboxylic acids is 1. The lowest BCUT2D eigenvalue weighted by Gasteiger charge is -2.14. The Morgan fingerprint density at radius 3 is 2.27 bits per heavy atom. The van der Waals surface area contributed by atoms with Crippen LogP contribution in [0, 0.1) is 5.92 Å². The maximum atomic E-state index is 11.7. The van der Waals surface area contributed by atoms with E-state index in [1.807, 2.05) is 0 Å². The van der Waals surface area contributed by atoms with E-state index >= 15 is 0 Å². The Labute approximate surface area is 131 Å². The molecule has 0 rings (SSSR count). The Morgan fingerprint density at radius 2 is 1.77 bits per heavy atom. The van der Waals surface area contributed by atoms with Crippen molar-refractivity contribution in [2.24, 2.45) is 5.92 Å². The molecule has 0 saturated carbocycles. The van der Waals surface area contributed by atoms with Crippen LogP contribution >= 0.6 is 0 Å². The van der Waals surface area contributed by atoms with E-state index in [0.29, 0.717) is 12.3 Å². The van der Waals surface area contributed by atoms with Gasteiger partial charge in [-0.25, -0.2) is 4.79 Å². The number of amides is 1. The van der Waals surface area contributed by atoms with Gasteiger partial charge in [0, 0.05) is 6.42 Å². The van der Waals surface area contributed by atoms with E-state index in [0.717, 1.165) is 12.8 Å². The van der Waals surface area contributed by atoms with Gasteiger partial charge in [0.05, 0.1) is 0 Å². The lowest BCUT2D eigenvalue weighted by Crippen LogP contribution is -2.42. The first-order valence-corrected chi connectivity index (χ1v) is 8.90. The van der Waals surface area contributed by atoms with Gasteiger partial charge in [-0.15, -0.1) is 0 Å². The number of unbranched alkanes of at least 4 members (excludes halogenated alkanes) is 1. The zero-order valence-corrected chi connectivity index (χ0v) is 13.9. The predicted molar refractivity (Wildman–Crippen MR) is 81.9 cm³/mol. The molecule has 0 aromatic heterocycles. The highest BCUT2D eigenvalue weighted by Gasteiger charge is 2.19. The highest BCUT2D eigenvalue weighted by Crippen LogP contribution is 2.08. The fourth-order valence-electron chi connectivity index (χ4n) is 1.81. The van der Waals surface area contributed by atoms with Crippen LogP contribution in [-0.2, 0) is 19.7 Å². The van der Waals surface area contributed by atoms with Gasteiger partial charge in [-0.05, 0) is 25.3 Å². The summed E-state index contributed by atoms with van der Waals surface area (Å²) in [6.45, 7) is 4.24. The van der Waals surface area contributed by atoms with Crippen molar-refractivity contribution in [3.8, 4) is 0 Å². The molecule has 0 fully saturated rings. The fraction of sp³-hybridized carbons (Fsp3) is 0.846. The molecule has 4 N–H and O–H groups in total. The van der Waals surface area contributed by atoms with Crippen LogP contribution in [0.2, 0.25) is 0 Å². The maximum Gasteiger partial charge on any atom is 0.326 e. The molecule has 1 atom stereocenters. The summed E-state index contributed by atoms with van der Waals surface area (Å²) in [5, 5.41) is 13.8. The molecular formula is C13H26N2O6S. The van der Waals surface area contributed by atoms with E-state index in [1.165, 1.54) is 0 Å². The molecule has 9 heteroatoms. The van der Waals surface area contributed by atoms with E-state index in [2.05, 4.69) is 24.5 Å². The first-order chi connectivity index (χ1) is 10.1. The second-order valence-corrected chi connectivity index (χ2v) is 7.07. The van der Waals surface area contributed by atoms with Gasteiger partial charge in [-0.3, -0.25) is 9.35 Å². The minimum absolute atomic E-state index is 0.0303. The van der Waals surface area contributed by atoms with Crippen molar-refractivity contribution in [1.29, 1.82) is 0 Å². The summed E-state index contributed by atoms with van der Waals surface area (Å²) in [4.78, 5) is 22.7. The van der Waals surface area contributed by atoms with Crippen molar-refractivity contribution < 1.29 is 27.7 Å². The summed E-state index contributed by atoms with van der Waals surface area (Å²) in [5.74, 6) is -1.58. The number of carboxylic acid groups (broad SMARTS) is 1. The number of nitrogens with one attached hydrogen (secondary N) is 2. The van der Waals surface area contributed by atoms with Gasteiger partial charge in [-0.1, -0.05) is 26.7 Å². The summed E-state index contributed by atoms with van der Waals surface area (Å²) in [7, 11) is -4.13. The summed E-state index contributed by atoms with van der Waals surface area (Å²) >= 11 is 0. The SMILES string of the molecule is CC(C)CCCCC(=O)N[C@@H](CCNCS(=O)(=O)O)C(=O)O. The fourth-order valence-corrected chi connectivity index (χ4v) is 2.21. The minimum Gasteiger partial charge on any atom is -0.480 e. The Kier molecular flexibility index (Phi) is 9.95. The third-order valence-electron chi connectivity index (χ3n) is 2.96. The van der Waals surface area contributed by atoms with Gasteiger partial charge in [0.25, 0.3) is 10.1 Å². The smallest absolute Gasteiger partial charge is 0.326 e. The monoisotopic (exact) mass is 338 g/mol. The number of aliphatic carboxylic acids is 1. The molecule has 0 radical (unpaired) electrons. The van der Waals surface area contributed by atoms with E-state index < -0.39 is 28.0 Å². The normalized spacial score (nSPS) is 13.1. The van der Waals surface area contributed by atoms with Gasteiger partial charge < -0.3 is 15.7 Å². The Balaban J connectivity index is 4.02. The summed E-state index contributed by atoms with van der Waals surface area (Å²) < 4.78 is 29.5. The van der Waals surface area contributed by atoms with Crippen molar-refractivity contribution in [2.45, 2.75) is 52.0 Å². The molecule has 130 valence electrons. The van der Waals surface area contributed by atoms with E-state index in [4.69, 9.17) is 9.66 Å². The standard InChI is InChI=1S/C13H26N2O6S/c1-10(2)5-3-4-6-12(16)15-11(13(17)18)7-8-14-9-22(19,20)21/h10-11,14H,3-9H2,1-2H3,(H,15,16)(H,17,18)(H,19,20,21)/t11-/m0/s1. The third-order valence-corrected chi connectivity index (χ3v) is 3.53. The molecule has 0 aromatic carbocycles. The Morgan fingerprint density at radius 1 is 1.14 bits per heavy atom. The molecule has 0 aliphatic carbocycles. The molecule has 0 unspecified atom stereocenters. The number of carbonyl (C=O) groups is 2. The van der Waals surface area contributed by atoms with Crippen molar-refractivity contribution in [3.05, 3.63) is 0 Å². The molecule has 0 heterocycles. The van der Waals surface area contributed by atoms with E-state index in [-0.39, 0.29) is 25.3 Å². The molecule has 0 aromatic rings. The summed E-state index contributed by atoms with van der Waals surface area (Å²) in [6.07, 6.45) is 2.95. The largest absolute Gasteiger partial charge is 0.480 e. The van der Waals surface area contributed by atoms with Crippen LogP contribution in [0.15, 0.2) is 0 Å². The first kappa shape index (κ1) is 20.8. The molecule has 1 amide bonds. The second-order valence-electron chi connectivity index (χ2n) is 5.61. The number of rotatable bonds is 12. The average molecular weight is 338 g/mol. The van der Waals surface area contributed by atoms with Gasteiger partial charge in [0.2, 0.25) is 5.91 Å². The lowest BCUT2D eigenvalue weighted by atomic mass is 10.1. The topological polar surface area (TPSA) is 133 Å². The van der Waals surface area contributed by atoms with E-state index in [9.17, 15) is 18.0 Å². The number of hydrogen-bond donors (Lipinski definition) is 4. The van der Waals surface area contributed by atoms with Gasteiger partial charge >= 0.3 is 5.97 Å². The third kappa shape index (κ3) is 12.5. The molecule has 0 bridgehead atoms. The minimum atomic E-state index is -4.13. The lowest BCUT2D eigenvalue weighted by molar-refractivity contribution is -0.142. The molecule has 0 spiro atoms. The zero-order valence-electron chi connectivity index (χ0n) is 13.0. The Bertz CT molecular complexity index is 449. The second kappa shape index (κ2) is 10.5. The van der Waals surface area contributed by atoms with Crippen molar-refractivity contribution in [3.63, 3.8) is 0 Å². The van der Waals surface area contributed by atoms with Crippen LogP contribution in [-0.4, -0.2) is 48.4 Å². The first-order valence-electron chi connectivity index (χ1n) is 7.30. The average Bonchev–Trinajstić information content (AvgIpc) is 2.36. The molecular weight excluding hydrogens is 312 g/mol. The quantitative estimate of drug-likeness (QED) is 0.302. The van der Waals surface area contributed by atoms with Gasteiger partial charge in [-0.2, -0.15) is 8.42 Å².